The lowest BCUT2D eigenvalue weighted by Crippen LogP contribution is -2.55. The van der Waals surface area contributed by atoms with Crippen molar-refractivity contribution in [2.75, 3.05) is 31.6 Å². The number of H-pyrrole nitrogens is 1. The zero-order valence-electron chi connectivity index (χ0n) is 23.1. The molecule has 43 heavy (non-hydrogen) atoms. The third kappa shape index (κ3) is 6.16. The highest BCUT2D eigenvalue weighted by molar-refractivity contribution is 7.90. The van der Waals surface area contributed by atoms with Gasteiger partial charge in [0.25, 0.3) is 21.6 Å². The smallest absolute Gasteiger partial charge is 0.293 e. The number of pyridine rings is 1. The molecule has 224 valence electrons. The number of amides is 1. The molecule has 6 rings (SSSR count). The lowest BCUT2D eigenvalue weighted by atomic mass is 9.90. The lowest BCUT2D eigenvalue weighted by molar-refractivity contribution is -0.384. The summed E-state index contributed by atoms with van der Waals surface area (Å²) in [4.78, 5) is 33.6. The maximum absolute atomic E-state index is 13.2. The molecule has 2 aromatic heterocycles. The standard InChI is InChI=1S/C29H30N6O7S/c36-29(24-6-1-2-7-27(24)42-22-14-19-10-11-30-28(19)32-17-22)33-43(39,40)23-8-9-25(26(15-23)35(37)38)31-16-21-18-41-13-12-34(21)20-4-3-5-20/h1-2,6-11,14-15,17,20-21,31H,3-5,12-13,16,18H2,(H,30,32)(H,33,36). The maximum Gasteiger partial charge on any atom is 0.293 e. The quantitative estimate of drug-likeness (QED) is 0.177. The van der Waals surface area contributed by atoms with Crippen molar-refractivity contribution in [2.24, 2.45) is 0 Å². The minimum absolute atomic E-state index is 0.0428. The fraction of sp³-hybridized carbons (Fsp3) is 0.310. The first-order valence-electron chi connectivity index (χ1n) is 13.9. The van der Waals surface area contributed by atoms with Crippen molar-refractivity contribution >= 4 is 38.3 Å². The SMILES string of the molecule is O=C(NS(=O)(=O)c1ccc(NCC2COCCN2C2CCC2)c([N+](=O)[O-])c1)c1ccccc1Oc1cnc2[nH]ccc2c1. The van der Waals surface area contributed by atoms with Gasteiger partial charge in [-0.3, -0.25) is 19.8 Å². The molecule has 1 aliphatic heterocycles. The number of carbonyl (C=O) groups is 1. The molecule has 1 amide bonds. The number of para-hydroxylation sites is 1. The number of hydrogen-bond donors (Lipinski definition) is 3. The number of aromatic nitrogens is 2. The van der Waals surface area contributed by atoms with Crippen molar-refractivity contribution in [3.05, 3.63) is 82.7 Å². The molecule has 3 heterocycles. The van der Waals surface area contributed by atoms with Crippen molar-refractivity contribution in [1.82, 2.24) is 19.6 Å². The summed E-state index contributed by atoms with van der Waals surface area (Å²) in [5.74, 6) is -0.492. The van der Waals surface area contributed by atoms with E-state index in [1.807, 2.05) is 10.8 Å². The highest BCUT2D eigenvalue weighted by Crippen LogP contribution is 2.31. The largest absolute Gasteiger partial charge is 0.455 e. The molecule has 14 heteroatoms. The van der Waals surface area contributed by atoms with Crippen molar-refractivity contribution in [3.8, 4) is 11.5 Å². The third-order valence-corrected chi connectivity index (χ3v) is 9.11. The number of rotatable bonds is 10. The van der Waals surface area contributed by atoms with Gasteiger partial charge in [-0.15, -0.1) is 0 Å². The molecule has 1 aliphatic carbocycles. The van der Waals surface area contributed by atoms with Crippen molar-refractivity contribution in [3.63, 3.8) is 0 Å². The van der Waals surface area contributed by atoms with Gasteiger partial charge in [0.2, 0.25) is 0 Å². The molecule has 1 unspecified atom stereocenters. The minimum Gasteiger partial charge on any atom is -0.455 e. The van der Waals surface area contributed by atoms with E-state index in [1.54, 1.807) is 24.4 Å². The molecule has 0 spiro atoms. The normalized spacial score (nSPS) is 17.7. The van der Waals surface area contributed by atoms with Crippen LogP contribution in [0.3, 0.4) is 0 Å². The van der Waals surface area contributed by atoms with Crippen molar-refractivity contribution < 1.29 is 27.6 Å². The van der Waals surface area contributed by atoms with Gasteiger partial charge in [0.1, 0.15) is 22.8 Å². The number of fused-ring (bicyclic) bond motifs is 1. The third-order valence-electron chi connectivity index (χ3n) is 7.78. The van der Waals surface area contributed by atoms with Gasteiger partial charge in [0, 0.05) is 36.8 Å². The van der Waals surface area contributed by atoms with E-state index in [9.17, 15) is 23.3 Å². The van der Waals surface area contributed by atoms with Gasteiger partial charge in [-0.2, -0.15) is 0 Å². The first-order valence-corrected chi connectivity index (χ1v) is 15.4. The average Bonchev–Trinajstić information content (AvgIpc) is 3.44. The van der Waals surface area contributed by atoms with Crippen LogP contribution >= 0.6 is 0 Å². The summed E-state index contributed by atoms with van der Waals surface area (Å²) in [5, 5.41) is 15.8. The first-order chi connectivity index (χ1) is 20.8. The fourth-order valence-corrected chi connectivity index (χ4v) is 6.32. The number of nitro benzene ring substituents is 1. The Hall–Kier alpha value is -4.53. The Morgan fingerprint density at radius 1 is 1.19 bits per heavy atom. The summed E-state index contributed by atoms with van der Waals surface area (Å²) >= 11 is 0. The molecule has 1 saturated carbocycles. The number of nitrogens with zero attached hydrogens (tertiary/aromatic N) is 3. The first kappa shape index (κ1) is 28.6. The Kier molecular flexibility index (Phi) is 7.97. The Morgan fingerprint density at radius 3 is 2.81 bits per heavy atom. The second kappa shape index (κ2) is 12.0. The molecule has 2 aliphatic rings. The molecule has 2 aromatic carbocycles. The molecule has 1 atom stereocenters. The molecule has 3 N–H and O–H groups in total. The second-order valence-corrected chi connectivity index (χ2v) is 12.2. The van der Waals surface area contributed by atoms with Gasteiger partial charge in [0.15, 0.2) is 0 Å². The van der Waals surface area contributed by atoms with Crippen LogP contribution in [0.25, 0.3) is 11.0 Å². The summed E-state index contributed by atoms with van der Waals surface area (Å²) < 4.78 is 39.9. The molecular weight excluding hydrogens is 576 g/mol. The van der Waals surface area contributed by atoms with E-state index in [4.69, 9.17) is 9.47 Å². The van der Waals surface area contributed by atoms with Crippen LogP contribution < -0.4 is 14.8 Å². The van der Waals surface area contributed by atoms with E-state index >= 15 is 0 Å². The van der Waals surface area contributed by atoms with E-state index in [-0.39, 0.29) is 23.0 Å². The van der Waals surface area contributed by atoms with E-state index in [0.29, 0.717) is 37.2 Å². The predicted octanol–water partition coefficient (Wildman–Crippen LogP) is 4.05. The zero-order chi connectivity index (χ0) is 30.0. The summed E-state index contributed by atoms with van der Waals surface area (Å²) in [5.41, 5.74) is 0.386. The average molecular weight is 607 g/mol. The number of sulfonamides is 1. The topological polar surface area (TPSA) is 169 Å². The zero-order valence-corrected chi connectivity index (χ0v) is 23.9. The number of carbonyl (C=O) groups excluding carboxylic acids is 1. The van der Waals surface area contributed by atoms with Crippen LogP contribution in [0, 0.1) is 10.1 Å². The van der Waals surface area contributed by atoms with Gasteiger partial charge in [-0.1, -0.05) is 18.6 Å². The predicted molar refractivity (Wildman–Crippen MR) is 158 cm³/mol. The number of nitro groups is 1. The van der Waals surface area contributed by atoms with E-state index in [0.717, 1.165) is 30.8 Å². The number of ether oxygens (including phenoxy) is 2. The van der Waals surface area contributed by atoms with Crippen molar-refractivity contribution in [2.45, 2.75) is 36.2 Å². The fourth-order valence-electron chi connectivity index (χ4n) is 5.33. The Morgan fingerprint density at radius 2 is 2.02 bits per heavy atom. The number of benzene rings is 2. The van der Waals surface area contributed by atoms with Gasteiger partial charge in [-0.25, -0.2) is 18.1 Å². The maximum atomic E-state index is 13.2. The summed E-state index contributed by atoms with van der Waals surface area (Å²) in [6.45, 7) is 2.38. The van der Waals surface area contributed by atoms with Gasteiger partial charge < -0.3 is 19.8 Å². The number of aromatic amines is 1. The lowest BCUT2D eigenvalue weighted by Gasteiger charge is -2.45. The van der Waals surface area contributed by atoms with Crippen LogP contribution in [0.2, 0.25) is 0 Å². The molecule has 1 saturated heterocycles. The van der Waals surface area contributed by atoms with E-state index < -0.39 is 31.4 Å². The Bertz CT molecular complexity index is 1770. The van der Waals surface area contributed by atoms with Crippen molar-refractivity contribution in [1.29, 1.82) is 0 Å². The number of nitrogens with one attached hydrogen (secondary N) is 3. The molecule has 4 aromatic rings. The highest BCUT2D eigenvalue weighted by Gasteiger charge is 2.33. The number of anilines is 1. The monoisotopic (exact) mass is 606 g/mol. The van der Waals surface area contributed by atoms with Gasteiger partial charge >= 0.3 is 0 Å². The second-order valence-electron chi connectivity index (χ2n) is 10.5. The summed E-state index contributed by atoms with van der Waals surface area (Å²) in [7, 11) is -4.47. The number of hydrogen-bond acceptors (Lipinski definition) is 10. The van der Waals surface area contributed by atoms with Crippen LogP contribution in [0.1, 0.15) is 29.6 Å². The Balaban J connectivity index is 1.17. The summed E-state index contributed by atoms with van der Waals surface area (Å²) in [6.07, 6.45) is 6.67. The van der Waals surface area contributed by atoms with Gasteiger partial charge in [0.05, 0.1) is 40.8 Å². The van der Waals surface area contributed by atoms with Crippen LogP contribution in [-0.2, 0) is 14.8 Å². The Labute approximate surface area is 247 Å². The molecule has 13 nitrogen and oxygen atoms in total. The van der Waals surface area contributed by atoms with Gasteiger partial charge in [-0.05, 0) is 49.2 Å². The molecule has 0 bridgehead atoms. The number of morpholine rings is 1. The van der Waals surface area contributed by atoms with Crippen LogP contribution in [0.4, 0.5) is 11.4 Å². The molecule has 2 fully saturated rings. The van der Waals surface area contributed by atoms with Crippen LogP contribution in [0.15, 0.2) is 71.9 Å². The summed E-state index contributed by atoms with van der Waals surface area (Å²) in [6, 6.07) is 13.7. The van der Waals surface area contributed by atoms with Crippen LogP contribution in [-0.4, -0.2) is 72.5 Å². The van der Waals surface area contributed by atoms with E-state index in [2.05, 4.69) is 20.2 Å². The molecule has 0 radical (unpaired) electrons. The molecular formula is C29H30N6O7S. The minimum atomic E-state index is -4.47. The highest BCUT2D eigenvalue weighted by atomic mass is 32.2. The van der Waals surface area contributed by atoms with E-state index in [1.165, 1.54) is 36.9 Å². The van der Waals surface area contributed by atoms with Crippen LogP contribution in [0.5, 0.6) is 11.5 Å².